The van der Waals surface area contributed by atoms with Crippen LogP contribution in [0.1, 0.15) is 46.0 Å². The van der Waals surface area contributed by atoms with Crippen molar-refractivity contribution in [1.29, 1.82) is 0 Å². The fraction of sp³-hybridized carbons (Fsp3) is 0.889. The lowest BCUT2D eigenvalue weighted by Gasteiger charge is -2.12. The van der Waals surface area contributed by atoms with E-state index in [1.165, 1.54) is 0 Å². The highest BCUT2D eigenvalue weighted by Crippen LogP contribution is 2.16. The lowest BCUT2D eigenvalue weighted by molar-refractivity contribution is -0.120. The van der Waals surface area contributed by atoms with E-state index in [9.17, 15) is 9.00 Å². The maximum absolute atomic E-state index is 11.1. The second kappa shape index (κ2) is 7.94. The van der Waals surface area contributed by atoms with Crippen molar-refractivity contribution in [3.05, 3.63) is 0 Å². The SMILES string of the molecule is CCCCC(CC)CC(=O)NS(=O)O. The molecule has 0 aliphatic carbocycles. The highest BCUT2D eigenvalue weighted by molar-refractivity contribution is 7.77. The number of hydrogen-bond donors (Lipinski definition) is 2. The van der Waals surface area contributed by atoms with Gasteiger partial charge in [-0.1, -0.05) is 33.1 Å². The Morgan fingerprint density at radius 3 is 2.57 bits per heavy atom. The molecule has 0 aliphatic heterocycles. The molecule has 0 rings (SSSR count). The Morgan fingerprint density at radius 2 is 2.14 bits per heavy atom. The second-order valence-corrected chi connectivity index (χ2v) is 4.10. The molecule has 0 radical (unpaired) electrons. The van der Waals surface area contributed by atoms with Gasteiger partial charge >= 0.3 is 0 Å². The van der Waals surface area contributed by atoms with Crippen LogP contribution >= 0.6 is 0 Å². The predicted octanol–water partition coefficient (Wildman–Crippen LogP) is 1.85. The van der Waals surface area contributed by atoms with Crippen molar-refractivity contribution in [2.24, 2.45) is 5.92 Å². The molecule has 0 saturated carbocycles. The topological polar surface area (TPSA) is 66.4 Å². The molecule has 5 heteroatoms. The summed E-state index contributed by atoms with van der Waals surface area (Å²) >= 11 is -2.22. The molecular formula is C9H19NO3S. The van der Waals surface area contributed by atoms with Crippen LogP contribution in [0.25, 0.3) is 0 Å². The monoisotopic (exact) mass is 221 g/mol. The van der Waals surface area contributed by atoms with Gasteiger partial charge in [-0.05, 0) is 12.3 Å². The first-order chi connectivity index (χ1) is 6.60. The Labute approximate surface area is 87.9 Å². The molecule has 0 fully saturated rings. The van der Waals surface area contributed by atoms with E-state index in [4.69, 9.17) is 4.55 Å². The number of nitrogens with one attached hydrogen (secondary N) is 1. The van der Waals surface area contributed by atoms with Gasteiger partial charge in [-0.15, -0.1) is 0 Å². The summed E-state index contributed by atoms with van der Waals surface area (Å²) in [5.74, 6) is -0.00714. The van der Waals surface area contributed by atoms with Crippen LogP contribution in [0.5, 0.6) is 0 Å². The van der Waals surface area contributed by atoms with Crippen LogP contribution in [-0.4, -0.2) is 14.7 Å². The normalized spacial score (nSPS) is 14.8. The lowest BCUT2D eigenvalue weighted by Crippen LogP contribution is -2.26. The lowest BCUT2D eigenvalue weighted by atomic mass is 9.96. The molecule has 0 aromatic carbocycles. The van der Waals surface area contributed by atoms with Gasteiger partial charge in [0.25, 0.3) is 11.3 Å². The molecule has 2 atom stereocenters. The van der Waals surface area contributed by atoms with E-state index in [1.54, 1.807) is 0 Å². The second-order valence-electron chi connectivity index (χ2n) is 3.40. The summed E-state index contributed by atoms with van der Waals surface area (Å²) in [5.41, 5.74) is 0. The van der Waals surface area contributed by atoms with Crippen molar-refractivity contribution >= 4 is 17.2 Å². The Kier molecular flexibility index (Phi) is 7.70. The standard InChI is InChI=1S/C9H19NO3S/c1-3-5-6-8(4-2)7-9(11)10-14(12)13/h8H,3-7H2,1-2H3,(H,10,11)(H,12,13). The highest BCUT2D eigenvalue weighted by atomic mass is 32.2. The summed E-state index contributed by atoms with van der Waals surface area (Å²) in [7, 11) is 0. The average molecular weight is 221 g/mol. The van der Waals surface area contributed by atoms with Crippen LogP contribution < -0.4 is 4.72 Å². The molecule has 0 aliphatic rings. The number of rotatable bonds is 7. The van der Waals surface area contributed by atoms with Crippen LogP contribution in [0.3, 0.4) is 0 Å². The molecule has 0 heterocycles. The van der Waals surface area contributed by atoms with E-state index in [0.29, 0.717) is 12.3 Å². The molecule has 4 nitrogen and oxygen atoms in total. The zero-order chi connectivity index (χ0) is 11.0. The van der Waals surface area contributed by atoms with Crippen LogP contribution in [0.2, 0.25) is 0 Å². The van der Waals surface area contributed by atoms with E-state index in [1.807, 2.05) is 11.6 Å². The van der Waals surface area contributed by atoms with Crippen LogP contribution in [0.15, 0.2) is 0 Å². The van der Waals surface area contributed by atoms with Crippen LogP contribution in [-0.2, 0) is 16.1 Å². The van der Waals surface area contributed by atoms with Gasteiger partial charge in [0.05, 0.1) is 0 Å². The third-order valence-corrected chi connectivity index (χ3v) is 2.62. The molecule has 0 aromatic rings. The number of hydrogen-bond acceptors (Lipinski definition) is 2. The van der Waals surface area contributed by atoms with Gasteiger partial charge in [0, 0.05) is 6.42 Å². The maximum atomic E-state index is 11.1. The average Bonchev–Trinajstić information content (AvgIpc) is 2.10. The highest BCUT2D eigenvalue weighted by Gasteiger charge is 2.12. The Balaban J connectivity index is 3.79. The molecule has 0 spiro atoms. The molecule has 2 N–H and O–H groups in total. The predicted molar refractivity (Wildman–Crippen MR) is 56.8 cm³/mol. The van der Waals surface area contributed by atoms with Gasteiger partial charge in [-0.3, -0.25) is 14.1 Å². The van der Waals surface area contributed by atoms with E-state index < -0.39 is 11.3 Å². The van der Waals surface area contributed by atoms with E-state index >= 15 is 0 Å². The molecule has 84 valence electrons. The van der Waals surface area contributed by atoms with E-state index in [0.717, 1.165) is 25.7 Å². The number of amides is 1. The van der Waals surface area contributed by atoms with Crippen molar-refractivity contribution in [2.45, 2.75) is 46.0 Å². The smallest absolute Gasteiger partial charge is 0.261 e. The third kappa shape index (κ3) is 7.03. The third-order valence-electron chi connectivity index (χ3n) is 2.22. The van der Waals surface area contributed by atoms with Crippen LogP contribution in [0.4, 0.5) is 0 Å². The van der Waals surface area contributed by atoms with Gasteiger partial charge in [0.2, 0.25) is 5.91 Å². The van der Waals surface area contributed by atoms with Gasteiger partial charge in [0.1, 0.15) is 0 Å². The summed E-state index contributed by atoms with van der Waals surface area (Å²) in [5, 5.41) is 0. The Bertz CT molecular complexity index is 196. The van der Waals surface area contributed by atoms with Crippen molar-refractivity contribution in [2.75, 3.05) is 0 Å². The fourth-order valence-corrected chi connectivity index (χ4v) is 1.62. The van der Waals surface area contributed by atoms with Crippen molar-refractivity contribution in [1.82, 2.24) is 4.72 Å². The molecule has 1 amide bonds. The minimum atomic E-state index is -2.22. The quantitative estimate of drug-likeness (QED) is 0.645. The summed E-state index contributed by atoms with van der Waals surface area (Å²) in [4.78, 5) is 11.1. The molecule has 2 unspecified atom stereocenters. The van der Waals surface area contributed by atoms with E-state index in [-0.39, 0.29) is 5.91 Å². The first kappa shape index (κ1) is 13.6. The number of carbonyl (C=O) groups is 1. The largest absolute Gasteiger partial charge is 0.289 e. The first-order valence-electron chi connectivity index (χ1n) is 5.00. The molecule has 0 bridgehead atoms. The first-order valence-corrected chi connectivity index (χ1v) is 6.11. The van der Waals surface area contributed by atoms with Gasteiger partial charge in [-0.25, -0.2) is 4.21 Å². The van der Waals surface area contributed by atoms with Gasteiger partial charge < -0.3 is 0 Å². The molecule has 0 saturated heterocycles. The zero-order valence-electron chi connectivity index (χ0n) is 8.78. The van der Waals surface area contributed by atoms with Gasteiger partial charge in [-0.2, -0.15) is 0 Å². The minimum Gasteiger partial charge on any atom is -0.289 e. The summed E-state index contributed by atoms with van der Waals surface area (Å²) in [6.07, 6.45) is 4.52. The maximum Gasteiger partial charge on any atom is 0.261 e. The number of carbonyl (C=O) groups excluding carboxylic acids is 1. The molecule has 0 aromatic heterocycles. The minimum absolute atomic E-state index is 0.332. The fourth-order valence-electron chi connectivity index (χ4n) is 1.34. The summed E-state index contributed by atoms with van der Waals surface area (Å²) in [6, 6.07) is 0. The van der Waals surface area contributed by atoms with Crippen molar-refractivity contribution in [3.8, 4) is 0 Å². The number of unbranched alkanes of at least 4 members (excludes halogenated alkanes) is 1. The van der Waals surface area contributed by atoms with Crippen molar-refractivity contribution < 1.29 is 13.6 Å². The van der Waals surface area contributed by atoms with E-state index in [2.05, 4.69) is 6.92 Å². The van der Waals surface area contributed by atoms with Crippen molar-refractivity contribution in [3.63, 3.8) is 0 Å². The van der Waals surface area contributed by atoms with Gasteiger partial charge in [0.15, 0.2) is 0 Å². The molecular weight excluding hydrogens is 202 g/mol. The summed E-state index contributed by atoms with van der Waals surface area (Å²) < 4.78 is 20.7. The molecule has 14 heavy (non-hydrogen) atoms. The Hall–Kier alpha value is -0.420. The van der Waals surface area contributed by atoms with Crippen LogP contribution in [0, 0.1) is 5.92 Å². The zero-order valence-corrected chi connectivity index (χ0v) is 9.60. The summed E-state index contributed by atoms with van der Waals surface area (Å²) in [6.45, 7) is 4.14. The Morgan fingerprint density at radius 1 is 1.50 bits per heavy atom.